The lowest BCUT2D eigenvalue weighted by Gasteiger charge is -2.28. The van der Waals surface area contributed by atoms with E-state index in [1.165, 1.54) is 11.1 Å². The van der Waals surface area contributed by atoms with Crippen LogP contribution in [0, 0.1) is 5.92 Å². The first-order chi connectivity index (χ1) is 15.7. The Morgan fingerprint density at radius 2 is 1.67 bits per heavy atom. The summed E-state index contributed by atoms with van der Waals surface area (Å²) in [6, 6.07) is 16.3. The van der Waals surface area contributed by atoms with E-state index in [-0.39, 0.29) is 37.2 Å². The minimum atomic E-state index is -0.841. The zero-order valence-corrected chi connectivity index (χ0v) is 19.0. The summed E-state index contributed by atoms with van der Waals surface area (Å²) in [5.74, 6) is -0.966. The second-order valence-corrected chi connectivity index (χ2v) is 9.60. The van der Waals surface area contributed by atoms with Gasteiger partial charge in [0.05, 0.1) is 0 Å². The van der Waals surface area contributed by atoms with Crippen molar-refractivity contribution in [2.24, 2.45) is 5.92 Å². The molecule has 2 N–H and O–H groups in total. The minimum absolute atomic E-state index is 0.00958. The summed E-state index contributed by atoms with van der Waals surface area (Å²) < 4.78 is 5.60. The third kappa shape index (κ3) is 5.18. The molecule has 2 aromatic carbocycles. The summed E-state index contributed by atoms with van der Waals surface area (Å²) >= 11 is 0. The van der Waals surface area contributed by atoms with Gasteiger partial charge >= 0.3 is 12.1 Å². The second-order valence-electron chi connectivity index (χ2n) is 9.60. The molecular formula is C26H30N2O5. The molecule has 7 heteroatoms. The Morgan fingerprint density at radius 1 is 1.06 bits per heavy atom. The predicted octanol–water partition coefficient (Wildman–Crippen LogP) is 4.02. The van der Waals surface area contributed by atoms with Gasteiger partial charge in [-0.3, -0.25) is 9.59 Å². The Labute approximate surface area is 193 Å². The van der Waals surface area contributed by atoms with Gasteiger partial charge in [0, 0.05) is 37.4 Å². The van der Waals surface area contributed by atoms with Crippen molar-refractivity contribution >= 4 is 18.0 Å². The van der Waals surface area contributed by atoms with E-state index in [4.69, 9.17) is 9.84 Å². The molecule has 1 saturated heterocycles. The van der Waals surface area contributed by atoms with Crippen LogP contribution in [0.15, 0.2) is 48.5 Å². The largest absolute Gasteiger partial charge is 0.481 e. The molecule has 4 rings (SSSR count). The highest BCUT2D eigenvalue weighted by molar-refractivity contribution is 5.80. The lowest BCUT2D eigenvalue weighted by atomic mass is 9.98. The van der Waals surface area contributed by atoms with Crippen molar-refractivity contribution in [1.29, 1.82) is 0 Å². The summed E-state index contributed by atoms with van der Waals surface area (Å²) in [7, 11) is 0. The average Bonchev–Trinajstić information content (AvgIpc) is 3.34. The Morgan fingerprint density at radius 3 is 2.27 bits per heavy atom. The number of hydrogen-bond acceptors (Lipinski definition) is 4. The first-order valence-corrected chi connectivity index (χ1v) is 11.4. The van der Waals surface area contributed by atoms with Gasteiger partial charge < -0.3 is 20.1 Å². The van der Waals surface area contributed by atoms with Gasteiger partial charge in [-0.15, -0.1) is 0 Å². The summed E-state index contributed by atoms with van der Waals surface area (Å²) in [4.78, 5) is 37.9. The average molecular weight is 451 g/mol. The minimum Gasteiger partial charge on any atom is -0.481 e. The Balaban J connectivity index is 1.32. The van der Waals surface area contributed by atoms with Crippen LogP contribution in [0.5, 0.6) is 0 Å². The van der Waals surface area contributed by atoms with Crippen LogP contribution < -0.4 is 5.32 Å². The van der Waals surface area contributed by atoms with Gasteiger partial charge in [-0.05, 0) is 48.4 Å². The number of nitrogens with zero attached hydrogens (tertiary/aromatic N) is 1. The zero-order chi connectivity index (χ0) is 23.6. The molecule has 0 bridgehead atoms. The number of carbonyl (C=O) groups is 3. The molecule has 0 saturated carbocycles. The lowest BCUT2D eigenvalue weighted by molar-refractivity contribution is -0.138. The first kappa shape index (κ1) is 22.8. The molecule has 0 radical (unpaired) electrons. The van der Waals surface area contributed by atoms with Crippen LogP contribution in [-0.2, 0) is 14.3 Å². The Kier molecular flexibility index (Phi) is 6.40. The van der Waals surface area contributed by atoms with Crippen LogP contribution in [0.2, 0.25) is 0 Å². The molecule has 174 valence electrons. The normalized spacial score (nSPS) is 17.4. The van der Waals surface area contributed by atoms with Crippen LogP contribution in [0.25, 0.3) is 11.1 Å². The van der Waals surface area contributed by atoms with E-state index in [1.807, 2.05) is 24.3 Å². The molecule has 1 aliphatic heterocycles. The third-order valence-electron chi connectivity index (χ3n) is 6.48. The molecule has 0 spiro atoms. The number of nitrogens with one attached hydrogen (secondary N) is 1. The van der Waals surface area contributed by atoms with Gasteiger partial charge in [-0.25, -0.2) is 4.79 Å². The molecule has 2 amide bonds. The van der Waals surface area contributed by atoms with Crippen molar-refractivity contribution in [3.05, 3.63) is 59.7 Å². The van der Waals surface area contributed by atoms with Crippen molar-refractivity contribution in [2.75, 3.05) is 19.7 Å². The Bertz CT molecular complexity index is 1020. The number of aliphatic carboxylic acids is 1. The standard InChI is InChI=1S/C26H30N2O5/c1-26(2,14-23(29)28-12-11-17(15-28)13-24(30)31)27-25(32)33-16-22-20-9-5-3-7-18(20)19-8-4-6-10-21(19)22/h3-10,17,22H,11-16H2,1-2H3,(H,27,32)(H,30,31). The van der Waals surface area contributed by atoms with Gasteiger partial charge in [0.1, 0.15) is 6.61 Å². The molecular weight excluding hydrogens is 420 g/mol. The fourth-order valence-corrected chi connectivity index (χ4v) is 4.92. The van der Waals surface area contributed by atoms with E-state index in [0.717, 1.165) is 11.1 Å². The van der Waals surface area contributed by atoms with Crippen LogP contribution in [0.3, 0.4) is 0 Å². The molecule has 1 atom stereocenters. The molecule has 2 aliphatic rings. The zero-order valence-electron chi connectivity index (χ0n) is 19.0. The number of benzene rings is 2. The van der Waals surface area contributed by atoms with E-state index < -0.39 is 17.6 Å². The quantitative estimate of drug-likeness (QED) is 0.664. The maximum absolute atomic E-state index is 12.7. The number of ether oxygens (including phenoxy) is 1. The van der Waals surface area contributed by atoms with Crippen molar-refractivity contribution in [3.63, 3.8) is 0 Å². The molecule has 7 nitrogen and oxygen atoms in total. The van der Waals surface area contributed by atoms with E-state index in [2.05, 4.69) is 29.6 Å². The number of alkyl carbamates (subject to hydrolysis) is 1. The highest BCUT2D eigenvalue weighted by atomic mass is 16.5. The number of fused-ring (bicyclic) bond motifs is 3. The third-order valence-corrected chi connectivity index (χ3v) is 6.48. The molecule has 1 unspecified atom stereocenters. The maximum Gasteiger partial charge on any atom is 0.407 e. The second kappa shape index (κ2) is 9.25. The maximum atomic E-state index is 12.7. The highest BCUT2D eigenvalue weighted by Crippen LogP contribution is 2.44. The van der Waals surface area contributed by atoms with E-state index in [1.54, 1.807) is 18.7 Å². The SMILES string of the molecule is CC(C)(CC(=O)N1CCC(CC(=O)O)C1)NC(=O)OCC1c2ccccc2-c2ccccc21. The van der Waals surface area contributed by atoms with Crippen molar-refractivity contribution in [1.82, 2.24) is 10.2 Å². The van der Waals surface area contributed by atoms with Crippen molar-refractivity contribution in [2.45, 2.75) is 44.6 Å². The fraction of sp³-hybridized carbons (Fsp3) is 0.423. The number of carboxylic acids is 1. The van der Waals surface area contributed by atoms with Crippen molar-refractivity contribution < 1.29 is 24.2 Å². The molecule has 0 aromatic heterocycles. The number of carbonyl (C=O) groups excluding carboxylic acids is 2. The van der Waals surface area contributed by atoms with Gasteiger partial charge in [-0.2, -0.15) is 0 Å². The Hall–Kier alpha value is -3.35. The number of amides is 2. The topological polar surface area (TPSA) is 95.9 Å². The summed E-state index contributed by atoms with van der Waals surface area (Å²) in [5.41, 5.74) is 3.83. The summed E-state index contributed by atoms with van der Waals surface area (Å²) in [6.07, 6.45) is 0.334. The van der Waals surface area contributed by atoms with Crippen LogP contribution in [0.4, 0.5) is 4.79 Å². The highest BCUT2D eigenvalue weighted by Gasteiger charge is 2.33. The molecule has 33 heavy (non-hydrogen) atoms. The number of hydrogen-bond donors (Lipinski definition) is 2. The molecule has 1 aliphatic carbocycles. The monoisotopic (exact) mass is 450 g/mol. The predicted molar refractivity (Wildman–Crippen MR) is 124 cm³/mol. The van der Waals surface area contributed by atoms with E-state index >= 15 is 0 Å². The van der Waals surface area contributed by atoms with Crippen LogP contribution >= 0.6 is 0 Å². The van der Waals surface area contributed by atoms with Gasteiger partial charge in [0.2, 0.25) is 5.91 Å². The lowest BCUT2D eigenvalue weighted by Crippen LogP contribution is -2.47. The van der Waals surface area contributed by atoms with Gasteiger partial charge in [0.25, 0.3) is 0 Å². The van der Waals surface area contributed by atoms with E-state index in [9.17, 15) is 14.4 Å². The van der Waals surface area contributed by atoms with Gasteiger partial charge in [-0.1, -0.05) is 48.5 Å². The fourth-order valence-electron chi connectivity index (χ4n) is 4.92. The first-order valence-electron chi connectivity index (χ1n) is 11.4. The van der Waals surface area contributed by atoms with Crippen LogP contribution in [0.1, 0.15) is 50.2 Å². The van der Waals surface area contributed by atoms with Crippen LogP contribution in [-0.4, -0.2) is 53.2 Å². The number of rotatable bonds is 7. The van der Waals surface area contributed by atoms with E-state index in [0.29, 0.717) is 19.5 Å². The van der Waals surface area contributed by atoms with Crippen molar-refractivity contribution in [3.8, 4) is 11.1 Å². The molecule has 1 fully saturated rings. The smallest absolute Gasteiger partial charge is 0.407 e. The molecule has 1 heterocycles. The number of likely N-dealkylation sites (tertiary alicyclic amines) is 1. The molecule has 2 aromatic rings. The van der Waals surface area contributed by atoms with Gasteiger partial charge in [0.15, 0.2) is 0 Å². The summed E-state index contributed by atoms with van der Waals surface area (Å²) in [5, 5.41) is 11.8. The summed E-state index contributed by atoms with van der Waals surface area (Å²) in [6.45, 7) is 4.80. The number of carboxylic acid groups (broad SMARTS) is 1.